The lowest BCUT2D eigenvalue weighted by atomic mass is 10.1. The van der Waals surface area contributed by atoms with Crippen molar-refractivity contribution in [2.45, 2.75) is 13.0 Å². The number of hydrogen-bond acceptors (Lipinski definition) is 4. The number of anilines is 1. The number of carbonyl (C=O) groups excluding carboxylic acids is 1. The highest BCUT2D eigenvalue weighted by atomic mass is 16.5. The van der Waals surface area contributed by atoms with Gasteiger partial charge in [0, 0.05) is 12.1 Å². The molecule has 0 heterocycles. The molecule has 2 N–H and O–H groups in total. The number of para-hydroxylation sites is 1. The number of nitrogen functional groups attached to an aromatic ring is 1. The number of esters is 1. The van der Waals surface area contributed by atoms with Gasteiger partial charge in [-0.1, -0.05) is 54.6 Å². The number of rotatable bonds is 7. The van der Waals surface area contributed by atoms with Crippen LogP contribution in [0.3, 0.4) is 0 Å². The lowest BCUT2D eigenvalue weighted by Crippen LogP contribution is -2.09. The van der Waals surface area contributed by atoms with Crippen molar-refractivity contribution in [1.29, 1.82) is 0 Å². The lowest BCUT2D eigenvalue weighted by molar-refractivity contribution is 0.0508. The predicted molar refractivity (Wildman–Crippen MR) is 102 cm³/mol. The van der Waals surface area contributed by atoms with Gasteiger partial charge in [-0.25, -0.2) is 4.79 Å². The molecule has 0 saturated heterocycles. The highest BCUT2D eigenvalue weighted by Crippen LogP contribution is 2.20. The Hall–Kier alpha value is -3.27. The maximum atomic E-state index is 12.1. The van der Waals surface area contributed by atoms with Crippen LogP contribution in [0.2, 0.25) is 0 Å². The van der Waals surface area contributed by atoms with Gasteiger partial charge in [-0.05, 0) is 35.4 Å². The third kappa shape index (κ3) is 4.86. The van der Waals surface area contributed by atoms with Crippen LogP contribution in [0.4, 0.5) is 5.69 Å². The first-order valence-corrected chi connectivity index (χ1v) is 8.49. The number of nitrogens with two attached hydrogens (primary N) is 1. The van der Waals surface area contributed by atoms with E-state index < -0.39 is 0 Å². The quantitative estimate of drug-likeness (QED) is 0.513. The first-order chi connectivity index (χ1) is 12.7. The van der Waals surface area contributed by atoms with Crippen molar-refractivity contribution in [3.63, 3.8) is 0 Å². The zero-order valence-corrected chi connectivity index (χ0v) is 14.4. The Bertz CT molecular complexity index is 862. The maximum absolute atomic E-state index is 12.1. The number of benzene rings is 3. The third-order valence-electron chi connectivity index (χ3n) is 3.94. The summed E-state index contributed by atoms with van der Waals surface area (Å²) < 4.78 is 11.3. The molecule has 0 aromatic heterocycles. The largest absolute Gasteiger partial charge is 0.489 e. The Morgan fingerprint density at radius 3 is 2.46 bits per heavy atom. The Balaban J connectivity index is 1.55. The molecule has 0 bridgehead atoms. The van der Waals surface area contributed by atoms with Crippen LogP contribution in [0.15, 0.2) is 78.9 Å². The SMILES string of the molecule is Nc1cccc(C(=O)OCCc2ccccc2OCc2ccccc2)c1. The minimum atomic E-state index is -0.375. The Labute approximate surface area is 153 Å². The summed E-state index contributed by atoms with van der Waals surface area (Å²) in [6, 6.07) is 24.6. The molecule has 0 aliphatic heterocycles. The van der Waals surface area contributed by atoms with Gasteiger partial charge in [0.2, 0.25) is 0 Å². The van der Waals surface area contributed by atoms with Crippen molar-refractivity contribution in [3.05, 3.63) is 95.6 Å². The first kappa shape index (κ1) is 17.5. The summed E-state index contributed by atoms with van der Waals surface area (Å²) in [6.07, 6.45) is 0.582. The van der Waals surface area contributed by atoms with E-state index in [0.29, 0.717) is 24.3 Å². The van der Waals surface area contributed by atoms with Crippen LogP contribution in [0.5, 0.6) is 5.75 Å². The molecule has 0 spiro atoms. The molecule has 0 atom stereocenters. The molecular formula is C22H21NO3. The minimum absolute atomic E-state index is 0.277. The highest BCUT2D eigenvalue weighted by molar-refractivity contribution is 5.90. The van der Waals surface area contributed by atoms with Gasteiger partial charge in [-0.2, -0.15) is 0 Å². The molecule has 3 aromatic carbocycles. The van der Waals surface area contributed by atoms with E-state index in [2.05, 4.69) is 0 Å². The standard InChI is InChI=1S/C22H21NO3/c23-20-11-6-10-19(15-20)22(24)25-14-13-18-9-4-5-12-21(18)26-16-17-7-2-1-3-8-17/h1-12,15H,13-14,16,23H2. The van der Waals surface area contributed by atoms with Crippen LogP contribution < -0.4 is 10.5 Å². The summed E-state index contributed by atoms with van der Waals surface area (Å²) >= 11 is 0. The van der Waals surface area contributed by atoms with Crippen molar-refractivity contribution in [3.8, 4) is 5.75 Å². The van der Waals surface area contributed by atoms with Gasteiger partial charge in [-0.15, -0.1) is 0 Å². The zero-order chi connectivity index (χ0) is 18.2. The number of ether oxygens (including phenoxy) is 2. The molecule has 0 aliphatic rings. The molecule has 3 aromatic rings. The van der Waals surface area contributed by atoms with E-state index in [0.717, 1.165) is 16.9 Å². The second-order valence-corrected chi connectivity index (χ2v) is 5.89. The van der Waals surface area contributed by atoms with Crippen molar-refractivity contribution in [2.75, 3.05) is 12.3 Å². The van der Waals surface area contributed by atoms with Crippen molar-refractivity contribution in [1.82, 2.24) is 0 Å². The van der Waals surface area contributed by atoms with Crippen LogP contribution in [-0.2, 0) is 17.8 Å². The molecule has 0 fully saturated rings. The first-order valence-electron chi connectivity index (χ1n) is 8.49. The third-order valence-corrected chi connectivity index (χ3v) is 3.94. The Morgan fingerprint density at radius 2 is 1.65 bits per heavy atom. The summed E-state index contributed by atoms with van der Waals surface area (Å²) in [7, 11) is 0. The zero-order valence-electron chi connectivity index (χ0n) is 14.4. The van der Waals surface area contributed by atoms with E-state index in [9.17, 15) is 4.79 Å². The monoisotopic (exact) mass is 347 g/mol. The summed E-state index contributed by atoms with van der Waals surface area (Å²) in [5.74, 6) is 0.427. The van der Waals surface area contributed by atoms with Gasteiger partial charge >= 0.3 is 5.97 Å². The second-order valence-electron chi connectivity index (χ2n) is 5.89. The van der Waals surface area contributed by atoms with Crippen LogP contribution in [-0.4, -0.2) is 12.6 Å². The molecule has 3 rings (SSSR count). The fraction of sp³-hybridized carbons (Fsp3) is 0.136. The maximum Gasteiger partial charge on any atom is 0.338 e. The van der Waals surface area contributed by atoms with Gasteiger partial charge in [0.1, 0.15) is 12.4 Å². The smallest absolute Gasteiger partial charge is 0.338 e. The molecule has 0 radical (unpaired) electrons. The van der Waals surface area contributed by atoms with Crippen molar-refractivity contribution < 1.29 is 14.3 Å². The fourth-order valence-electron chi connectivity index (χ4n) is 2.59. The summed E-state index contributed by atoms with van der Waals surface area (Å²) in [5.41, 5.74) is 8.80. The van der Waals surface area contributed by atoms with Gasteiger partial charge < -0.3 is 15.2 Å². The minimum Gasteiger partial charge on any atom is -0.489 e. The van der Waals surface area contributed by atoms with E-state index in [1.165, 1.54) is 0 Å². The van der Waals surface area contributed by atoms with Gasteiger partial charge in [0.05, 0.1) is 12.2 Å². The van der Waals surface area contributed by atoms with E-state index in [1.807, 2.05) is 54.6 Å². The average Bonchev–Trinajstić information content (AvgIpc) is 2.68. The van der Waals surface area contributed by atoms with Crippen LogP contribution in [0.1, 0.15) is 21.5 Å². The highest BCUT2D eigenvalue weighted by Gasteiger charge is 2.09. The molecule has 132 valence electrons. The molecule has 4 nitrogen and oxygen atoms in total. The predicted octanol–water partition coefficient (Wildman–Crippen LogP) is 4.25. The molecular weight excluding hydrogens is 326 g/mol. The molecule has 0 unspecified atom stereocenters. The van der Waals surface area contributed by atoms with Crippen LogP contribution in [0, 0.1) is 0 Å². The Morgan fingerprint density at radius 1 is 0.885 bits per heavy atom. The van der Waals surface area contributed by atoms with Gasteiger partial charge in [-0.3, -0.25) is 0 Å². The van der Waals surface area contributed by atoms with Gasteiger partial charge in [0.15, 0.2) is 0 Å². The van der Waals surface area contributed by atoms with Crippen molar-refractivity contribution in [2.24, 2.45) is 0 Å². The average molecular weight is 347 g/mol. The molecule has 4 heteroatoms. The second kappa shape index (κ2) is 8.72. The number of hydrogen-bond donors (Lipinski definition) is 1. The summed E-state index contributed by atoms with van der Waals surface area (Å²) in [5, 5.41) is 0. The van der Waals surface area contributed by atoms with Crippen molar-refractivity contribution >= 4 is 11.7 Å². The van der Waals surface area contributed by atoms with E-state index in [-0.39, 0.29) is 12.6 Å². The molecule has 0 aliphatic carbocycles. The number of carbonyl (C=O) groups is 1. The summed E-state index contributed by atoms with van der Waals surface area (Å²) in [4.78, 5) is 12.1. The molecule has 26 heavy (non-hydrogen) atoms. The van der Waals surface area contributed by atoms with Crippen LogP contribution in [0.25, 0.3) is 0 Å². The molecule has 0 amide bonds. The lowest BCUT2D eigenvalue weighted by Gasteiger charge is -2.12. The van der Waals surface area contributed by atoms with E-state index in [1.54, 1.807) is 24.3 Å². The van der Waals surface area contributed by atoms with E-state index >= 15 is 0 Å². The van der Waals surface area contributed by atoms with Gasteiger partial charge in [0.25, 0.3) is 0 Å². The Kier molecular flexibility index (Phi) is 5.88. The van der Waals surface area contributed by atoms with Crippen LogP contribution >= 0.6 is 0 Å². The summed E-state index contributed by atoms with van der Waals surface area (Å²) in [6.45, 7) is 0.778. The molecule has 0 saturated carbocycles. The topological polar surface area (TPSA) is 61.6 Å². The van der Waals surface area contributed by atoms with E-state index in [4.69, 9.17) is 15.2 Å². The normalized spacial score (nSPS) is 10.3. The fourth-order valence-corrected chi connectivity index (χ4v) is 2.59.